The van der Waals surface area contributed by atoms with Crippen molar-refractivity contribution in [3.63, 3.8) is 0 Å². The second-order valence-electron chi connectivity index (χ2n) is 6.17. The summed E-state index contributed by atoms with van der Waals surface area (Å²) in [6, 6.07) is 12.1. The first-order valence-electron chi connectivity index (χ1n) is 8.16. The topological polar surface area (TPSA) is 32.7 Å². The quantitative estimate of drug-likeness (QED) is 0.785. The van der Waals surface area contributed by atoms with Gasteiger partial charge in [-0.3, -0.25) is 4.90 Å². The van der Waals surface area contributed by atoms with Crippen molar-refractivity contribution in [2.24, 2.45) is 0 Å². The van der Waals surface area contributed by atoms with E-state index in [4.69, 9.17) is 4.74 Å². The highest BCUT2D eigenvalue weighted by atomic mass is 79.9. The van der Waals surface area contributed by atoms with Crippen molar-refractivity contribution in [1.29, 1.82) is 0 Å². The maximum absolute atomic E-state index is 13.6. The molecule has 1 fully saturated rings. The molecule has 3 rings (SSSR count). The monoisotopic (exact) mass is 393 g/mol. The average Bonchev–Trinajstić information content (AvgIpc) is 3.06. The number of phenols is 1. The van der Waals surface area contributed by atoms with Crippen LogP contribution >= 0.6 is 15.9 Å². The average molecular weight is 394 g/mol. The molecule has 3 nitrogen and oxygen atoms in total. The largest absolute Gasteiger partial charge is 0.508 e. The highest BCUT2D eigenvalue weighted by Crippen LogP contribution is 2.24. The molecule has 0 radical (unpaired) electrons. The van der Waals surface area contributed by atoms with Crippen LogP contribution < -0.4 is 0 Å². The number of rotatable bonds is 6. The Bertz CT molecular complexity index is 689. The fourth-order valence-corrected chi connectivity index (χ4v) is 3.42. The first-order valence-corrected chi connectivity index (χ1v) is 8.96. The molecule has 0 bridgehead atoms. The number of aromatic hydroxyl groups is 1. The molecule has 1 unspecified atom stereocenters. The van der Waals surface area contributed by atoms with Gasteiger partial charge in [0.1, 0.15) is 11.6 Å². The van der Waals surface area contributed by atoms with Crippen LogP contribution in [-0.2, 0) is 17.8 Å². The van der Waals surface area contributed by atoms with Crippen molar-refractivity contribution in [3.8, 4) is 5.75 Å². The normalized spacial score (nSPS) is 17.5. The highest BCUT2D eigenvalue weighted by molar-refractivity contribution is 9.10. The lowest BCUT2D eigenvalue weighted by Gasteiger charge is -2.26. The Balaban J connectivity index is 1.78. The summed E-state index contributed by atoms with van der Waals surface area (Å²) in [6.07, 6.45) is 2.32. The van der Waals surface area contributed by atoms with Gasteiger partial charge >= 0.3 is 0 Å². The lowest BCUT2D eigenvalue weighted by atomic mass is 10.1. The Hall–Kier alpha value is -1.43. The van der Waals surface area contributed by atoms with E-state index in [9.17, 15) is 9.50 Å². The van der Waals surface area contributed by atoms with Crippen LogP contribution in [0, 0.1) is 5.82 Å². The lowest BCUT2D eigenvalue weighted by Crippen LogP contribution is -2.31. The molecule has 2 aromatic carbocycles. The van der Waals surface area contributed by atoms with Gasteiger partial charge in [-0.25, -0.2) is 4.39 Å². The standard InChI is InChI=1S/C19H21BrFNO2/c20-18-8-7-16(21)10-15(18)12-22(13-17-5-3-9-24-17)11-14-4-1-2-6-19(14)23/h1-2,4,6-8,10,17,23H,3,5,9,11-13H2. The number of halogens is 2. The van der Waals surface area contributed by atoms with Gasteiger partial charge < -0.3 is 9.84 Å². The van der Waals surface area contributed by atoms with Crippen LogP contribution in [0.3, 0.4) is 0 Å². The molecule has 1 aliphatic heterocycles. The molecule has 1 aliphatic rings. The van der Waals surface area contributed by atoms with Crippen LogP contribution in [0.1, 0.15) is 24.0 Å². The summed E-state index contributed by atoms with van der Waals surface area (Å²) in [6.45, 7) is 2.75. The van der Waals surface area contributed by atoms with Crippen molar-refractivity contribution in [1.82, 2.24) is 4.90 Å². The number of hydrogen-bond acceptors (Lipinski definition) is 3. The molecule has 1 atom stereocenters. The minimum absolute atomic E-state index is 0.197. The minimum Gasteiger partial charge on any atom is -0.508 e. The number of nitrogens with zero attached hydrogens (tertiary/aromatic N) is 1. The fraction of sp³-hybridized carbons (Fsp3) is 0.368. The smallest absolute Gasteiger partial charge is 0.123 e. The number of ether oxygens (including phenoxy) is 1. The summed E-state index contributed by atoms with van der Waals surface area (Å²) in [5.74, 6) is 0.0426. The maximum atomic E-state index is 13.6. The fourth-order valence-electron chi connectivity index (χ4n) is 3.05. The molecule has 0 aromatic heterocycles. The van der Waals surface area contributed by atoms with Crippen molar-refractivity contribution < 1.29 is 14.2 Å². The predicted molar refractivity (Wildman–Crippen MR) is 95.3 cm³/mol. The van der Waals surface area contributed by atoms with E-state index in [1.807, 2.05) is 18.2 Å². The van der Waals surface area contributed by atoms with E-state index in [1.54, 1.807) is 18.2 Å². The van der Waals surface area contributed by atoms with E-state index < -0.39 is 0 Å². The molecule has 24 heavy (non-hydrogen) atoms. The summed E-state index contributed by atoms with van der Waals surface area (Å²) >= 11 is 3.50. The summed E-state index contributed by atoms with van der Waals surface area (Å²) in [4.78, 5) is 2.20. The van der Waals surface area contributed by atoms with E-state index in [1.165, 1.54) is 6.07 Å². The highest BCUT2D eigenvalue weighted by Gasteiger charge is 2.21. The van der Waals surface area contributed by atoms with E-state index >= 15 is 0 Å². The first-order chi connectivity index (χ1) is 11.6. The third-order valence-electron chi connectivity index (χ3n) is 4.27. The molecule has 0 saturated carbocycles. The molecule has 2 aromatic rings. The molecule has 1 heterocycles. The van der Waals surface area contributed by atoms with Gasteiger partial charge in [-0.05, 0) is 42.7 Å². The maximum Gasteiger partial charge on any atom is 0.123 e. The van der Waals surface area contributed by atoms with Crippen LogP contribution in [-0.4, -0.2) is 29.3 Å². The second-order valence-corrected chi connectivity index (χ2v) is 7.02. The van der Waals surface area contributed by atoms with E-state index in [0.717, 1.165) is 41.6 Å². The zero-order valence-electron chi connectivity index (χ0n) is 13.4. The van der Waals surface area contributed by atoms with Crippen LogP contribution in [0.15, 0.2) is 46.9 Å². The molecule has 1 N–H and O–H groups in total. The van der Waals surface area contributed by atoms with Gasteiger partial charge in [0.2, 0.25) is 0 Å². The van der Waals surface area contributed by atoms with Gasteiger partial charge in [0, 0.05) is 36.3 Å². The molecule has 0 spiro atoms. The van der Waals surface area contributed by atoms with E-state index in [0.29, 0.717) is 13.1 Å². The molecule has 128 valence electrons. The Morgan fingerprint density at radius 3 is 2.71 bits per heavy atom. The minimum atomic E-state index is -0.243. The third-order valence-corrected chi connectivity index (χ3v) is 5.05. The molecular formula is C19H21BrFNO2. The SMILES string of the molecule is Oc1ccccc1CN(Cc1cc(F)ccc1Br)CC1CCCO1. The first kappa shape index (κ1) is 17.4. The zero-order chi connectivity index (χ0) is 16.9. The predicted octanol–water partition coefficient (Wildman–Crippen LogP) is 4.48. The summed E-state index contributed by atoms with van der Waals surface area (Å²) in [5.41, 5.74) is 1.76. The van der Waals surface area contributed by atoms with Crippen molar-refractivity contribution in [2.75, 3.05) is 13.2 Å². The third kappa shape index (κ3) is 4.56. The summed E-state index contributed by atoms with van der Waals surface area (Å²) in [5, 5.41) is 10.1. The molecular weight excluding hydrogens is 373 g/mol. The summed E-state index contributed by atoms with van der Waals surface area (Å²) in [7, 11) is 0. The van der Waals surface area contributed by atoms with Gasteiger partial charge in [-0.1, -0.05) is 34.1 Å². The zero-order valence-corrected chi connectivity index (χ0v) is 15.0. The summed E-state index contributed by atoms with van der Waals surface area (Å²) < 4.78 is 20.2. The second kappa shape index (κ2) is 8.10. The van der Waals surface area contributed by atoms with Crippen LogP contribution in [0.4, 0.5) is 4.39 Å². The molecule has 5 heteroatoms. The van der Waals surface area contributed by atoms with Gasteiger partial charge in [0.05, 0.1) is 6.10 Å². The molecule has 0 aliphatic carbocycles. The van der Waals surface area contributed by atoms with Gasteiger partial charge in [-0.2, -0.15) is 0 Å². The Morgan fingerprint density at radius 1 is 1.17 bits per heavy atom. The number of phenolic OH excluding ortho intramolecular Hbond substituents is 1. The van der Waals surface area contributed by atoms with Gasteiger partial charge in [0.25, 0.3) is 0 Å². The van der Waals surface area contributed by atoms with Gasteiger partial charge in [-0.15, -0.1) is 0 Å². The van der Waals surface area contributed by atoms with Crippen molar-refractivity contribution in [2.45, 2.75) is 32.0 Å². The number of benzene rings is 2. The molecule has 0 amide bonds. The van der Waals surface area contributed by atoms with Crippen molar-refractivity contribution in [3.05, 3.63) is 63.9 Å². The van der Waals surface area contributed by atoms with Gasteiger partial charge in [0.15, 0.2) is 0 Å². The van der Waals surface area contributed by atoms with Crippen LogP contribution in [0.25, 0.3) is 0 Å². The van der Waals surface area contributed by atoms with E-state index in [2.05, 4.69) is 20.8 Å². The molecule has 1 saturated heterocycles. The van der Waals surface area contributed by atoms with E-state index in [-0.39, 0.29) is 17.7 Å². The Labute approximate surface area is 150 Å². The van der Waals surface area contributed by atoms with Crippen LogP contribution in [0.5, 0.6) is 5.75 Å². The Kier molecular flexibility index (Phi) is 5.87. The van der Waals surface area contributed by atoms with Crippen molar-refractivity contribution >= 4 is 15.9 Å². The Morgan fingerprint density at radius 2 is 1.96 bits per heavy atom. The van der Waals surface area contributed by atoms with Crippen LogP contribution in [0.2, 0.25) is 0 Å². The lowest BCUT2D eigenvalue weighted by molar-refractivity contribution is 0.0675. The number of hydrogen-bond donors (Lipinski definition) is 1. The number of para-hydroxylation sites is 1.